The molecule has 0 unspecified atom stereocenters. The molecule has 2 aromatic carbocycles. The van der Waals surface area contributed by atoms with E-state index in [-0.39, 0.29) is 21.8 Å². The molecule has 0 aliphatic carbocycles. The third-order valence-electron chi connectivity index (χ3n) is 4.31. The predicted octanol–water partition coefficient (Wildman–Crippen LogP) is 3.64. The Hall–Kier alpha value is -1.88. The summed E-state index contributed by atoms with van der Waals surface area (Å²) in [7, 11) is 0.202. The summed E-state index contributed by atoms with van der Waals surface area (Å²) in [4.78, 5) is 0. The van der Waals surface area contributed by atoms with Crippen molar-refractivity contribution < 1.29 is 0 Å². The fourth-order valence-corrected chi connectivity index (χ4v) is 6.53. The number of hydrogen-bond acceptors (Lipinski definition) is 2. The molecule has 2 aromatic rings. The van der Waals surface area contributed by atoms with Gasteiger partial charge in [0.25, 0.3) is 0 Å². The zero-order valence-corrected chi connectivity index (χ0v) is 15.6. The Bertz CT molecular complexity index is 726. The molecule has 4 heteroatoms. The summed E-state index contributed by atoms with van der Waals surface area (Å²) >= 11 is 0. The Morgan fingerprint density at radius 3 is 1.21 bits per heavy atom. The van der Waals surface area contributed by atoms with Crippen molar-refractivity contribution in [2.75, 3.05) is 12.5 Å². The first-order chi connectivity index (χ1) is 11.6. The maximum Gasteiger partial charge on any atom is 0.134 e. The number of benzene rings is 2. The van der Waals surface area contributed by atoms with Crippen LogP contribution in [0.25, 0.3) is 0 Å². The number of fused-ring (bicyclic) bond motifs is 4. The molecule has 3 rings (SSSR count). The fourth-order valence-electron chi connectivity index (χ4n) is 3.24. The van der Waals surface area contributed by atoms with Crippen LogP contribution in [0.2, 0.25) is 0 Å². The van der Waals surface area contributed by atoms with E-state index < -0.39 is 0 Å². The molecule has 120 valence electrons. The smallest absolute Gasteiger partial charge is 0.134 e. The lowest BCUT2D eigenvalue weighted by Gasteiger charge is -2.14. The van der Waals surface area contributed by atoms with Gasteiger partial charge in [0.2, 0.25) is 0 Å². The van der Waals surface area contributed by atoms with E-state index in [9.17, 15) is 10.5 Å². The zero-order valence-electron chi connectivity index (χ0n) is 14.0. The molecular formula is C20H20N2S2+2. The van der Waals surface area contributed by atoms with Crippen molar-refractivity contribution >= 4 is 21.8 Å². The summed E-state index contributed by atoms with van der Waals surface area (Å²) in [6, 6.07) is 17.4. The summed E-state index contributed by atoms with van der Waals surface area (Å²) in [5.41, 5.74) is 6.39. The molecule has 0 fully saturated rings. The van der Waals surface area contributed by atoms with Gasteiger partial charge in [0, 0.05) is 22.3 Å². The van der Waals surface area contributed by atoms with E-state index in [2.05, 4.69) is 61.0 Å². The van der Waals surface area contributed by atoms with E-state index in [0.717, 1.165) is 56.4 Å². The van der Waals surface area contributed by atoms with Gasteiger partial charge in [-0.3, -0.25) is 0 Å². The van der Waals surface area contributed by atoms with E-state index in [1.807, 2.05) is 0 Å². The highest BCUT2D eigenvalue weighted by Gasteiger charge is 2.25. The molecule has 0 aromatic heterocycles. The molecule has 0 amide bonds. The summed E-state index contributed by atoms with van der Waals surface area (Å²) in [6.07, 6.45) is 4.47. The quantitative estimate of drug-likeness (QED) is 0.680. The SMILES string of the molecule is C[S+]1Cc2cccc(c2C#N)C[S+](C)Cc2cccc(c2C#N)C1. The molecule has 0 spiro atoms. The third-order valence-corrected chi connectivity index (χ3v) is 7.52. The first-order valence-corrected chi connectivity index (χ1v) is 11.8. The molecule has 1 aliphatic rings. The van der Waals surface area contributed by atoms with E-state index in [1.54, 1.807) is 0 Å². The molecule has 1 heterocycles. The van der Waals surface area contributed by atoms with E-state index in [4.69, 9.17) is 0 Å². The molecule has 0 atom stereocenters. The largest absolute Gasteiger partial charge is 0.192 e. The Labute approximate surface area is 149 Å². The van der Waals surface area contributed by atoms with Gasteiger partial charge in [-0.25, -0.2) is 0 Å². The minimum Gasteiger partial charge on any atom is -0.192 e. The Morgan fingerprint density at radius 1 is 0.667 bits per heavy atom. The molecule has 0 saturated heterocycles. The number of nitriles is 2. The van der Waals surface area contributed by atoms with Crippen molar-refractivity contribution in [1.82, 2.24) is 0 Å². The maximum absolute atomic E-state index is 9.66. The highest BCUT2D eigenvalue weighted by Crippen LogP contribution is 2.26. The zero-order chi connectivity index (χ0) is 17.1. The lowest BCUT2D eigenvalue weighted by Crippen LogP contribution is -2.15. The lowest BCUT2D eigenvalue weighted by atomic mass is 10.0. The second-order valence-corrected chi connectivity index (χ2v) is 10.5. The van der Waals surface area contributed by atoms with Crippen LogP contribution in [0.4, 0.5) is 0 Å². The van der Waals surface area contributed by atoms with Crippen LogP contribution in [0.15, 0.2) is 36.4 Å². The average molecular weight is 353 g/mol. The summed E-state index contributed by atoms with van der Waals surface area (Å²) in [5, 5.41) is 19.3. The van der Waals surface area contributed by atoms with Crippen LogP contribution in [0.1, 0.15) is 33.4 Å². The molecule has 0 saturated carbocycles. The molecule has 0 N–H and O–H groups in total. The van der Waals surface area contributed by atoms with Crippen LogP contribution < -0.4 is 0 Å². The summed E-state index contributed by atoms with van der Waals surface area (Å²) in [5.74, 6) is 3.62. The Kier molecular flexibility index (Phi) is 5.19. The van der Waals surface area contributed by atoms with Crippen LogP contribution in [-0.2, 0) is 44.8 Å². The van der Waals surface area contributed by atoms with Crippen molar-refractivity contribution in [3.05, 3.63) is 69.8 Å². The highest BCUT2D eigenvalue weighted by molar-refractivity contribution is 7.95. The van der Waals surface area contributed by atoms with Crippen LogP contribution in [0.3, 0.4) is 0 Å². The molecule has 24 heavy (non-hydrogen) atoms. The van der Waals surface area contributed by atoms with Crippen molar-refractivity contribution in [1.29, 1.82) is 10.5 Å². The van der Waals surface area contributed by atoms with Gasteiger partial charge in [-0.2, -0.15) is 10.5 Å². The molecule has 4 bridgehead atoms. The fraction of sp³-hybridized carbons (Fsp3) is 0.300. The van der Waals surface area contributed by atoms with Gasteiger partial charge in [-0.1, -0.05) is 36.4 Å². The van der Waals surface area contributed by atoms with Gasteiger partial charge in [0.1, 0.15) is 35.1 Å². The van der Waals surface area contributed by atoms with Gasteiger partial charge in [-0.05, 0) is 21.8 Å². The Balaban J connectivity index is 2.09. The predicted molar refractivity (Wildman–Crippen MR) is 104 cm³/mol. The van der Waals surface area contributed by atoms with Gasteiger partial charge < -0.3 is 0 Å². The number of rotatable bonds is 0. The minimum absolute atomic E-state index is 0.101. The van der Waals surface area contributed by atoms with Crippen LogP contribution in [0, 0.1) is 22.7 Å². The van der Waals surface area contributed by atoms with Crippen molar-refractivity contribution in [2.45, 2.75) is 23.0 Å². The normalized spacial score (nSPS) is 20.2. The minimum atomic E-state index is 0.101. The van der Waals surface area contributed by atoms with Gasteiger partial charge in [-0.15, -0.1) is 0 Å². The van der Waals surface area contributed by atoms with Gasteiger partial charge >= 0.3 is 0 Å². The highest BCUT2D eigenvalue weighted by atomic mass is 32.2. The third kappa shape index (κ3) is 3.46. The topological polar surface area (TPSA) is 47.6 Å². The number of nitrogens with zero attached hydrogens (tertiary/aromatic N) is 2. The van der Waals surface area contributed by atoms with E-state index >= 15 is 0 Å². The lowest BCUT2D eigenvalue weighted by molar-refractivity contribution is 1.22. The van der Waals surface area contributed by atoms with Crippen LogP contribution in [0.5, 0.6) is 0 Å². The van der Waals surface area contributed by atoms with Crippen molar-refractivity contribution in [3.8, 4) is 12.1 Å². The maximum atomic E-state index is 9.66. The summed E-state index contributed by atoms with van der Waals surface area (Å²) in [6.45, 7) is 0. The van der Waals surface area contributed by atoms with Crippen LogP contribution in [-0.4, -0.2) is 12.5 Å². The standard InChI is InChI=1S/C20H20N2S2/c1-23-11-15-5-3-7-17(19(15)9-21)13-24(2)14-18-8-4-6-16(12-23)20(18)10-22/h3-8H,11-14H2,1-2H3/q+2. The summed E-state index contributed by atoms with van der Waals surface area (Å²) < 4.78 is 0. The van der Waals surface area contributed by atoms with Gasteiger partial charge in [0.15, 0.2) is 0 Å². The Morgan fingerprint density at radius 2 is 0.958 bits per heavy atom. The van der Waals surface area contributed by atoms with Gasteiger partial charge in [0.05, 0.1) is 23.6 Å². The first kappa shape index (κ1) is 17.0. The molecular weight excluding hydrogens is 332 g/mol. The van der Waals surface area contributed by atoms with Crippen LogP contribution >= 0.6 is 0 Å². The monoisotopic (exact) mass is 352 g/mol. The molecule has 1 aliphatic heterocycles. The first-order valence-electron chi connectivity index (χ1n) is 7.82. The second-order valence-electron chi connectivity index (χ2n) is 6.27. The molecule has 2 nitrogen and oxygen atoms in total. The number of hydrogen-bond donors (Lipinski definition) is 0. The average Bonchev–Trinajstić information content (AvgIpc) is 2.54. The second kappa shape index (κ2) is 7.34. The van der Waals surface area contributed by atoms with E-state index in [0.29, 0.717) is 0 Å². The van der Waals surface area contributed by atoms with Crippen molar-refractivity contribution in [3.63, 3.8) is 0 Å². The van der Waals surface area contributed by atoms with Crippen molar-refractivity contribution in [2.24, 2.45) is 0 Å². The van der Waals surface area contributed by atoms with E-state index in [1.165, 1.54) is 0 Å². The molecule has 0 radical (unpaired) electrons.